The Labute approximate surface area is 66.3 Å². The minimum Gasteiger partial charge on any atom is -0.330 e. The smallest absolute Gasteiger partial charge is 0.229 e. The van der Waals surface area contributed by atoms with Gasteiger partial charge in [0.2, 0.25) is 6.29 Å². The lowest BCUT2D eigenvalue weighted by Crippen LogP contribution is -2.08. The molecular weight excluding hydrogens is 142 g/mol. The van der Waals surface area contributed by atoms with Crippen LogP contribution in [0, 0.1) is 0 Å². The quantitative estimate of drug-likeness (QED) is 0.581. The molecule has 0 aliphatic heterocycles. The number of ketones is 1. The Morgan fingerprint density at radius 3 is 2.64 bits per heavy atom. The number of nitrogens with two attached hydrogens (primary N) is 1. The largest absolute Gasteiger partial charge is 0.330 e. The molecule has 61 valence electrons. The molecule has 0 aromatic heterocycles. The summed E-state index contributed by atoms with van der Waals surface area (Å²) in [5.74, 6) is -0.0102. The molecule has 0 aliphatic carbocycles. The van der Waals surface area contributed by atoms with Crippen LogP contribution in [0.5, 0.6) is 0 Å². The molecule has 3 heteroatoms. The number of hydrogen-bond acceptors (Lipinski definition) is 3. The summed E-state index contributed by atoms with van der Waals surface area (Å²) in [6.45, 7) is 2.05. The van der Waals surface area contributed by atoms with E-state index in [-0.39, 0.29) is 12.2 Å². The van der Waals surface area contributed by atoms with Crippen molar-refractivity contribution in [3.05, 3.63) is 11.6 Å². The Balaban J connectivity index is 3.82. The molecule has 0 heterocycles. The summed E-state index contributed by atoms with van der Waals surface area (Å²) in [6, 6.07) is 0. The van der Waals surface area contributed by atoms with Crippen molar-refractivity contribution in [2.24, 2.45) is 5.73 Å². The summed E-state index contributed by atoms with van der Waals surface area (Å²) >= 11 is 0. The van der Waals surface area contributed by atoms with E-state index >= 15 is 0 Å². The standard InChI is InChI=1S/C8H12NO2/c1-2-7(6-10)5-8(11)3-4-9/h2H,3-5,9H2,1H3. The molecule has 0 saturated heterocycles. The lowest BCUT2D eigenvalue weighted by atomic mass is 10.1. The molecule has 0 spiro atoms. The third-order valence-electron chi connectivity index (χ3n) is 1.29. The van der Waals surface area contributed by atoms with Gasteiger partial charge in [-0.1, -0.05) is 6.08 Å². The van der Waals surface area contributed by atoms with E-state index in [0.717, 1.165) is 0 Å². The molecule has 0 atom stereocenters. The second-order valence-corrected chi connectivity index (χ2v) is 2.17. The Morgan fingerprint density at radius 2 is 2.27 bits per heavy atom. The molecule has 0 saturated carbocycles. The molecule has 0 rings (SSSR count). The molecule has 0 aromatic carbocycles. The zero-order chi connectivity index (χ0) is 8.69. The Hall–Kier alpha value is -0.960. The van der Waals surface area contributed by atoms with E-state index in [9.17, 15) is 9.59 Å². The minimum absolute atomic E-state index is 0.0102. The highest BCUT2D eigenvalue weighted by Crippen LogP contribution is 1.99. The zero-order valence-electron chi connectivity index (χ0n) is 6.59. The maximum atomic E-state index is 10.9. The fraction of sp³-hybridized carbons (Fsp3) is 0.500. The maximum absolute atomic E-state index is 10.9. The van der Waals surface area contributed by atoms with Crippen molar-refractivity contribution in [3.8, 4) is 0 Å². The Kier molecular flexibility index (Phi) is 5.29. The molecule has 1 radical (unpaired) electrons. The van der Waals surface area contributed by atoms with Crippen LogP contribution in [0.4, 0.5) is 0 Å². The number of carbonyl (C=O) groups is 1. The molecule has 0 aromatic rings. The van der Waals surface area contributed by atoms with Crippen molar-refractivity contribution in [3.63, 3.8) is 0 Å². The number of carbonyl (C=O) groups excluding carboxylic acids is 2. The highest BCUT2D eigenvalue weighted by molar-refractivity contribution is 5.88. The van der Waals surface area contributed by atoms with Crippen LogP contribution in [0.25, 0.3) is 0 Å². The maximum Gasteiger partial charge on any atom is 0.229 e. The first-order chi connectivity index (χ1) is 5.24. The first-order valence-corrected chi connectivity index (χ1v) is 3.49. The highest BCUT2D eigenvalue weighted by Gasteiger charge is 2.03. The second kappa shape index (κ2) is 5.80. The second-order valence-electron chi connectivity index (χ2n) is 2.17. The van der Waals surface area contributed by atoms with E-state index in [1.54, 1.807) is 19.3 Å². The summed E-state index contributed by atoms with van der Waals surface area (Å²) in [6.07, 6.45) is 3.77. The molecule has 0 aliphatic rings. The minimum atomic E-state index is -0.0102. The summed E-state index contributed by atoms with van der Waals surface area (Å²) in [5.41, 5.74) is 5.56. The lowest BCUT2D eigenvalue weighted by molar-refractivity contribution is -0.118. The van der Waals surface area contributed by atoms with Crippen LogP contribution in [-0.2, 0) is 9.59 Å². The van der Waals surface area contributed by atoms with E-state index in [4.69, 9.17) is 5.73 Å². The fourth-order valence-electron chi connectivity index (χ4n) is 0.659. The van der Waals surface area contributed by atoms with Gasteiger partial charge >= 0.3 is 0 Å². The van der Waals surface area contributed by atoms with Gasteiger partial charge in [0.05, 0.1) is 0 Å². The van der Waals surface area contributed by atoms with E-state index < -0.39 is 0 Å². The van der Waals surface area contributed by atoms with Crippen LogP contribution in [0.1, 0.15) is 19.8 Å². The van der Waals surface area contributed by atoms with Crippen LogP contribution >= 0.6 is 0 Å². The van der Waals surface area contributed by atoms with Crippen molar-refractivity contribution in [2.75, 3.05) is 6.54 Å². The summed E-state index contributed by atoms with van der Waals surface area (Å²) < 4.78 is 0. The van der Waals surface area contributed by atoms with Gasteiger partial charge in [-0.2, -0.15) is 0 Å². The Bertz CT molecular complexity index is 173. The summed E-state index contributed by atoms with van der Waals surface area (Å²) in [7, 11) is 0. The van der Waals surface area contributed by atoms with Gasteiger partial charge in [0.25, 0.3) is 0 Å². The predicted molar refractivity (Wildman–Crippen MR) is 42.7 cm³/mol. The molecule has 11 heavy (non-hydrogen) atoms. The normalized spacial score (nSPS) is 11.3. The molecule has 3 nitrogen and oxygen atoms in total. The molecule has 0 amide bonds. The molecule has 0 unspecified atom stereocenters. The molecule has 2 N–H and O–H groups in total. The average molecular weight is 154 g/mol. The van der Waals surface area contributed by atoms with Crippen LogP contribution < -0.4 is 5.73 Å². The average Bonchev–Trinajstić information content (AvgIpc) is 2.01. The molecule has 0 bridgehead atoms. The van der Waals surface area contributed by atoms with Gasteiger partial charge in [0.1, 0.15) is 5.78 Å². The number of rotatable bonds is 5. The third-order valence-corrected chi connectivity index (χ3v) is 1.29. The Morgan fingerprint density at radius 1 is 1.64 bits per heavy atom. The van der Waals surface area contributed by atoms with Crippen molar-refractivity contribution in [1.29, 1.82) is 0 Å². The first-order valence-electron chi connectivity index (χ1n) is 3.49. The van der Waals surface area contributed by atoms with Gasteiger partial charge in [0.15, 0.2) is 0 Å². The summed E-state index contributed by atoms with van der Waals surface area (Å²) in [5, 5.41) is 0. The van der Waals surface area contributed by atoms with Gasteiger partial charge in [-0.3, -0.25) is 9.59 Å². The van der Waals surface area contributed by atoms with Gasteiger partial charge in [-0.15, -0.1) is 0 Å². The monoisotopic (exact) mass is 154 g/mol. The van der Waals surface area contributed by atoms with Crippen LogP contribution in [0.2, 0.25) is 0 Å². The van der Waals surface area contributed by atoms with Crippen LogP contribution in [0.3, 0.4) is 0 Å². The van der Waals surface area contributed by atoms with Crippen molar-refractivity contribution >= 4 is 12.1 Å². The van der Waals surface area contributed by atoms with Gasteiger partial charge in [0, 0.05) is 18.4 Å². The van der Waals surface area contributed by atoms with Gasteiger partial charge in [-0.05, 0) is 13.5 Å². The highest BCUT2D eigenvalue weighted by atomic mass is 16.1. The van der Waals surface area contributed by atoms with E-state index in [0.29, 0.717) is 18.5 Å². The zero-order valence-corrected chi connectivity index (χ0v) is 6.59. The van der Waals surface area contributed by atoms with Gasteiger partial charge in [-0.25, -0.2) is 0 Å². The van der Waals surface area contributed by atoms with Crippen molar-refractivity contribution in [1.82, 2.24) is 0 Å². The van der Waals surface area contributed by atoms with E-state index in [1.165, 1.54) is 0 Å². The molecular formula is C8H12NO2. The lowest BCUT2D eigenvalue weighted by Gasteiger charge is -1.95. The first kappa shape index (κ1) is 10.0. The SMILES string of the molecule is CC=C([C]=O)CC(=O)CCN. The van der Waals surface area contributed by atoms with Crippen molar-refractivity contribution < 1.29 is 9.59 Å². The van der Waals surface area contributed by atoms with Crippen LogP contribution in [-0.4, -0.2) is 18.6 Å². The topological polar surface area (TPSA) is 60.2 Å². The number of allylic oxidation sites excluding steroid dienone is 2. The molecule has 0 fully saturated rings. The number of hydrogen-bond donors (Lipinski definition) is 1. The third kappa shape index (κ3) is 4.44. The van der Waals surface area contributed by atoms with E-state index in [1.807, 2.05) is 0 Å². The summed E-state index contributed by atoms with van der Waals surface area (Å²) in [4.78, 5) is 21.0. The van der Waals surface area contributed by atoms with E-state index in [2.05, 4.69) is 0 Å². The fourth-order valence-corrected chi connectivity index (χ4v) is 0.659. The van der Waals surface area contributed by atoms with Crippen LogP contribution in [0.15, 0.2) is 11.6 Å². The number of Topliss-reactive ketones (excluding diaryl/α,β-unsaturated/α-hetero) is 1. The van der Waals surface area contributed by atoms with Crippen molar-refractivity contribution in [2.45, 2.75) is 19.8 Å². The predicted octanol–water partition coefficient (Wildman–Crippen LogP) is 0.350. The van der Waals surface area contributed by atoms with Gasteiger partial charge < -0.3 is 5.73 Å².